The lowest BCUT2D eigenvalue weighted by Gasteiger charge is -2.42. The second-order valence-electron chi connectivity index (χ2n) is 7.81. The molecule has 1 fully saturated rings. The van der Waals surface area contributed by atoms with Gasteiger partial charge >= 0.3 is 5.97 Å². The largest absolute Gasteiger partial charge is 0.456 e. The van der Waals surface area contributed by atoms with Crippen molar-refractivity contribution in [3.63, 3.8) is 0 Å². The van der Waals surface area contributed by atoms with E-state index in [9.17, 15) is 9.90 Å². The molecule has 0 aromatic rings. The van der Waals surface area contributed by atoms with Crippen LogP contribution in [0, 0.1) is 17.3 Å². The lowest BCUT2D eigenvalue weighted by Crippen LogP contribution is -2.41. The van der Waals surface area contributed by atoms with Gasteiger partial charge in [-0.15, -0.1) is 6.58 Å². The second-order valence-corrected chi connectivity index (χ2v) is 7.81. The number of aliphatic hydroxyl groups excluding tert-OH is 1. The molecule has 4 atom stereocenters. The molecule has 1 N–H and O–H groups in total. The Labute approximate surface area is 138 Å². The van der Waals surface area contributed by atoms with Crippen LogP contribution in [0.15, 0.2) is 24.0 Å². The normalized spacial score (nSPS) is 34.3. The smallest absolute Gasteiger partial charge is 0.340 e. The van der Waals surface area contributed by atoms with Crippen LogP contribution in [-0.4, -0.2) is 23.0 Å². The van der Waals surface area contributed by atoms with Crippen LogP contribution >= 0.6 is 0 Å². The van der Waals surface area contributed by atoms with Crippen LogP contribution in [0.25, 0.3) is 0 Å². The molecule has 1 aliphatic heterocycles. The van der Waals surface area contributed by atoms with Gasteiger partial charge in [0.15, 0.2) is 0 Å². The molecule has 1 heterocycles. The average Bonchev–Trinajstić information content (AvgIpc) is 3.02. The van der Waals surface area contributed by atoms with Gasteiger partial charge in [0.1, 0.15) is 5.76 Å². The van der Waals surface area contributed by atoms with Crippen molar-refractivity contribution < 1.29 is 19.4 Å². The summed E-state index contributed by atoms with van der Waals surface area (Å²) in [5.41, 5.74) is 0.692. The van der Waals surface area contributed by atoms with Crippen molar-refractivity contribution >= 4 is 5.97 Å². The third-order valence-electron chi connectivity index (χ3n) is 6.00. The number of allylic oxidation sites excluding steroid dienone is 1. The fourth-order valence-electron chi connectivity index (χ4n) is 4.86. The van der Waals surface area contributed by atoms with Crippen molar-refractivity contribution in [3.8, 4) is 0 Å². The number of ether oxygens (including phenoxy) is 2. The minimum atomic E-state index is -0.888. The molecule has 3 aliphatic rings. The van der Waals surface area contributed by atoms with Crippen molar-refractivity contribution in [2.75, 3.05) is 0 Å². The van der Waals surface area contributed by atoms with Crippen molar-refractivity contribution in [1.29, 1.82) is 0 Å². The molecule has 4 nitrogen and oxygen atoms in total. The lowest BCUT2D eigenvalue weighted by molar-refractivity contribution is -0.214. The number of aliphatic hydroxyl groups is 1. The maximum Gasteiger partial charge on any atom is 0.340 e. The maximum absolute atomic E-state index is 12.4. The Hall–Kier alpha value is -1.29. The van der Waals surface area contributed by atoms with Crippen molar-refractivity contribution in [2.24, 2.45) is 17.3 Å². The summed E-state index contributed by atoms with van der Waals surface area (Å²) in [6.45, 7) is 9.49. The van der Waals surface area contributed by atoms with Gasteiger partial charge in [0.25, 0.3) is 0 Å². The van der Waals surface area contributed by atoms with E-state index in [2.05, 4.69) is 13.5 Å². The van der Waals surface area contributed by atoms with Gasteiger partial charge in [0, 0.05) is 19.3 Å². The molecular weight excluding hydrogens is 292 g/mol. The molecule has 0 amide bonds. The molecule has 128 valence electrons. The average molecular weight is 320 g/mol. The molecule has 4 heteroatoms. The van der Waals surface area contributed by atoms with Crippen LogP contribution < -0.4 is 0 Å². The zero-order valence-corrected chi connectivity index (χ0v) is 14.4. The van der Waals surface area contributed by atoms with Gasteiger partial charge in [-0.3, -0.25) is 0 Å². The van der Waals surface area contributed by atoms with E-state index in [-0.39, 0.29) is 11.4 Å². The SMILES string of the molecule is C=CC(O)CC[C@@H](C)[C@]12CCC[C@H]1CC1=C2OC(C)(C)OC1=O. The van der Waals surface area contributed by atoms with Crippen LogP contribution in [0.4, 0.5) is 0 Å². The van der Waals surface area contributed by atoms with Gasteiger partial charge in [-0.05, 0) is 43.9 Å². The highest BCUT2D eigenvalue weighted by molar-refractivity contribution is 5.91. The number of hydrogen-bond donors (Lipinski definition) is 1. The molecule has 2 aliphatic carbocycles. The molecule has 0 spiro atoms. The Morgan fingerprint density at radius 2 is 2.13 bits per heavy atom. The number of esters is 1. The summed E-state index contributed by atoms with van der Waals surface area (Å²) in [7, 11) is 0. The van der Waals surface area contributed by atoms with Gasteiger partial charge in [-0.2, -0.15) is 0 Å². The van der Waals surface area contributed by atoms with Gasteiger partial charge in [0.2, 0.25) is 5.79 Å². The summed E-state index contributed by atoms with van der Waals surface area (Å²) >= 11 is 0. The Morgan fingerprint density at radius 3 is 2.83 bits per heavy atom. The van der Waals surface area contributed by atoms with Crippen LogP contribution in [0.3, 0.4) is 0 Å². The van der Waals surface area contributed by atoms with Crippen LogP contribution in [0.2, 0.25) is 0 Å². The monoisotopic (exact) mass is 320 g/mol. The third-order valence-corrected chi connectivity index (χ3v) is 6.00. The van der Waals surface area contributed by atoms with Crippen molar-refractivity contribution in [3.05, 3.63) is 24.0 Å². The first-order valence-corrected chi connectivity index (χ1v) is 8.77. The molecule has 0 aromatic heterocycles. The minimum absolute atomic E-state index is 0.0626. The zero-order valence-electron chi connectivity index (χ0n) is 14.4. The molecule has 0 saturated heterocycles. The molecule has 1 unspecified atom stereocenters. The highest BCUT2D eigenvalue weighted by atomic mass is 16.7. The van der Waals surface area contributed by atoms with E-state index in [4.69, 9.17) is 9.47 Å². The van der Waals surface area contributed by atoms with Crippen LogP contribution in [-0.2, 0) is 14.3 Å². The highest BCUT2D eigenvalue weighted by Crippen LogP contribution is 2.63. The highest BCUT2D eigenvalue weighted by Gasteiger charge is 2.59. The van der Waals surface area contributed by atoms with E-state index in [1.54, 1.807) is 19.9 Å². The van der Waals surface area contributed by atoms with Gasteiger partial charge in [-0.25, -0.2) is 4.79 Å². The van der Waals surface area contributed by atoms with Crippen molar-refractivity contribution in [1.82, 2.24) is 0 Å². The summed E-state index contributed by atoms with van der Waals surface area (Å²) < 4.78 is 11.6. The first-order valence-electron chi connectivity index (χ1n) is 8.77. The predicted molar refractivity (Wildman–Crippen MR) is 87.3 cm³/mol. The van der Waals surface area contributed by atoms with E-state index < -0.39 is 11.9 Å². The predicted octanol–water partition coefficient (Wildman–Crippen LogP) is 3.70. The van der Waals surface area contributed by atoms with E-state index in [1.165, 1.54) is 6.42 Å². The Morgan fingerprint density at radius 1 is 1.39 bits per heavy atom. The van der Waals surface area contributed by atoms with Gasteiger partial charge in [-0.1, -0.05) is 19.4 Å². The fraction of sp³-hybridized carbons (Fsp3) is 0.737. The number of carbonyl (C=O) groups excluding carboxylic acids is 1. The summed E-state index contributed by atoms with van der Waals surface area (Å²) in [6, 6.07) is 0. The summed E-state index contributed by atoms with van der Waals surface area (Å²) in [6.07, 6.45) is 6.89. The molecule has 3 rings (SSSR count). The molecule has 1 saturated carbocycles. The van der Waals surface area contributed by atoms with Gasteiger partial charge in [0.05, 0.1) is 11.7 Å². The molecule has 0 radical (unpaired) electrons. The lowest BCUT2D eigenvalue weighted by atomic mass is 9.68. The van der Waals surface area contributed by atoms with Crippen LogP contribution in [0.1, 0.15) is 59.3 Å². The fourth-order valence-corrected chi connectivity index (χ4v) is 4.86. The number of cyclic esters (lactones) is 1. The van der Waals surface area contributed by atoms with E-state index >= 15 is 0 Å². The second kappa shape index (κ2) is 5.66. The molecule has 23 heavy (non-hydrogen) atoms. The Balaban J connectivity index is 1.91. The summed E-state index contributed by atoms with van der Waals surface area (Å²) in [5, 5.41) is 9.81. The number of hydrogen-bond acceptors (Lipinski definition) is 4. The van der Waals surface area contributed by atoms with Crippen LogP contribution in [0.5, 0.6) is 0 Å². The summed E-state index contributed by atoms with van der Waals surface area (Å²) in [5.74, 6) is 0.620. The zero-order chi connectivity index (χ0) is 16.8. The standard InChI is InChI=1S/C19H28O4/c1-5-14(20)9-8-12(2)19-10-6-7-13(19)11-15-16(19)22-18(3,4)23-17(15)21/h5,12-14,20H,1,6-11H2,2-4H3/t12-,13+,14?,19-/m1/s1. The molecular formula is C19H28O4. The third kappa shape index (κ3) is 2.61. The van der Waals surface area contributed by atoms with E-state index in [1.807, 2.05) is 0 Å². The van der Waals surface area contributed by atoms with E-state index in [0.29, 0.717) is 18.3 Å². The number of rotatable bonds is 5. The van der Waals surface area contributed by atoms with Crippen molar-refractivity contribution in [2.45, 2.75) is 71.2 Å². The van der Waals surface area contributed by atoms with E-state index in [0.717, 1.165) is 37.0 Å². The number of fused-ring (bicyclic) bond motifs is 2. The minimum Gasteiger partial charge on any atom is -0.456 e. The molecule has 0 aromatic carbocycles. The summed E-state index contributed by atoms with van der Waals surface area (Å²) in [4.78, 5) is 12.4. The maximum atomic E-state index is 12.4. The first kappa shape index (κ1) is 16.6. The molecule has 0 bridgehead atoms. The Kier molecular flexibility index (Phi) is 4.07. The first-order chi connectivity index (χ1) is 10.8. The quantitative estimate of drug-likeness (QED) is 0.620. The number of carbonyl (C=O) groups is 1. The Bertz CT molecular complexity index is 548. The van der Waals surface area contributed by atoms with Gasteiger partial charge < -0.3 is 14.6 Å². The topological polar surface area (TPSA) is 55.8 Å².